The number of hydrogen-bond donors (Lipinski definition) is 2. The fourth-order valence-corrected chi connectivity index (χ4v) is 2.61. The van der Waals surface area contributed by atoms with Crippen LogP contribution in [-0.2, 0) is 4.79 Å². The van der Waals surface area contributed by atoms with E-state index in [0.717, 1.165) is 16.3 Å². The van der Waals surface area contributed by atoms with Crippen LogP contribution in [0.25, 0.3) is 16.8 Å². The maximum absolute atomic E-state index is 11.9. The van der Waals surface area contributed by atoms with Gasteiger partial charge in [-0.3, -0.25) is 20.4 Å². The highest BCUT2D eigenvalue weighted by Gasteiger charge is 2.06. The highest BCUT2D eigenvalue weighted by atomic mass is 35.5. The van der Waals surface area contributed by atoms with Crippen molar-refractivity contribution in [2.75, 3.05) is 0 Å². The van der Waals surface area contributed by atoms with Crippen LogP contribution in [0.5, 0.6) is 0 Å². The van der Waals surface area contributed by atoms with Crippen LogP contribution in [0.2, 0.25) is 5.02 Å². The number of rotatable bonds is 3. The summed E-state index contributed by atoms with van der Waals surface area (Å²) >= 11 is 5.84. The zero-order valence-electron chi connectivity index (χ0n) is 13.2. The van der Waals surface area contributed by atoms with Gasteiger partial charge in [0.15, 0.2) is 0 Å². The van der Waals surface area contributed by atoms with Crippen molar-refractivity contribution in [3.05, 3.63) is 89.0 Å². The average molecular weight is 351 g/mol. The Kier molecular flexibility index (Phi) is 5.11. The molecule has 3 aromatic carbocycles. The van der Waals surface area contributed by atoms with Crippen LogP contribution in [0.15, 0.2) is 72.8 Å². The normalized spacial score (nSPS) is 10.8. The van der Waals surface area contributed by atoms with E-state index >= 15 is 0 Å². The summed E-state index contributed by atoms with van der Waals surface area (Å²) < 4.78 is 0. The van der Waals surface area contributed by atoms with E-state index in [4.69, 9.17) is 11.6 Å². The Hall–Kier alpha value is -3.11. The standard InChI is InChI=1S/C20H15ClN2O2/c21-17-9-4-8-16(13-17)20(25)23-22-19(24)12-11-15-7-3-6-14-5-1-2-10-18(14)15/h1-13H,(H,22,24)(H,23,25). The van der Waals surface area contributed by atoms with E-state index in [9.17, 15) is 9.59 Å². The van der Waals surface area contributed by atoms with Gasteiger partial charge in [0.05, 0.1) is 0 Å². The van der Waals surface area contributed by atoms with Crippen LogP contribution in [0.4, 0.5) is 0 Å². The molecule has 0 saturated carbocycles. The quantitative estimate of drug-likeness (QED) is 0.554. The number of benzene rings is 3. The summed E-state index contributed by atoms with van der Waals surface area (Å²) in [4.78, 5) is 23.9. The van der Waals surface area contributed by atoms with Gasteiger partial charge in [0.1, 0.15) is 0 Å². The van der Waals surface area contributed by atoms with Crippen molar-refractivity contribution in [3.63, 3.8) is 0 Å². The van der Waals surface area contributed by atoms with Crippen LogP contribution < -0.4 is 10.9 Å². The zero-order chi connectivity index (χ0) is 17.6. The maximum atomic E-state index is 11.9. The fraction of sp³-hybridized carbons (Fsp3) is 0. The van der Waals surface area contributed by atoms with E-state index in [1.807, 2.05) is 42.5 Å². The number of carbonyl (C=O) groups is 2. The Morgan fingerprint density at radius 3 is 2.48 bits per heavy atom. The first-order valence-corrected chi connectivity index (χ1v) is 8.03. The molecule has 124 valence electrons. The second-order valence-electron chi connectivity index (χ2n) is 5.36. The summed E-state index contributed by atoms with van der Waals surface area (Å²) in [5.41, 5.74) is 5.99. The van der Waals surface area contributed by atoms with Gasteiger partial charge in [-0.1, -0.05) is 60.1 Å². The van der Waals surface area contributed by atoms with Crippen molar-refractivity contribution < 1.29 is 9.59 Å². The van der Waals surface area contributed by atoms with Crippen LogP contribution in [0, 0.1) is 0 Å². The van der Waals surface area contributed by atoms with E-state index < -0.39 is 11.8 Å². The van der Waals surface area contributed by atoms with E-state index in [1.54, 1.807) is 24.3 Å². The van der Waals surface area contributed by atoms with Crippen LogP contribution in [0.3, 0.4) is 0 Å². The van der Waals surface area contributed by atoms with E-state index in [0.29, 0.717) is 10.6 Å². The molecule has 4 nitrogen and oxygen atoms in total. The summed E-state index contributed by atoms with van der Waals surface area (Å²) in [6.45, 7) is 0. The predicted molar refractivity (Wildman–Crippen MR) is 100 cm³/mol. The fourth-order valence-electron chi connectivity index (χ4n) is 2.42. The maximum Gasteiger partial charge on any atom is 0.269 e. The lowest BCUT2D eigenvalue weighted by atomic mass is 10.0. The van der Waals surface area contributed by atoms with Gasteiger partial charge in [-0.2, -0.15) is 0 Å². The topological polar surface area (TPSA) is 58.2 Å². The lowest BCUT2D eigenvalue weighted by Crippen LogP contribution is -2.40. The van der Waals surface area contributed by atoms with Crippen LogP contribution >= 0.6 is 11.6 Å². The molecule has 2 N–H and O–H groups in total. The Balaban J connectivity index is 1.64. The van der Waals surface area contributed by atoms with Crippen molar-refractivity contribution in [1.82, 2.24) is 10.9 Å². The number of hydrogen-bond acceptors (Lipinski definition) is 2. The van der Waals surface area contributed by atoms with Gasteiger partial charge in [-0.05, 0) is 40.6 Å². The molecule has 3 aromatic rings. The van der Waals surface area contributed by atoms with E-state index in [1.165, 1.54) is 12.1 Å². The number of hydrazine groups is 1. The second-order valence-corrected chi connectivity index (χ2v) is 5.79. The minimum atomic E-state index is -0.436. The molecule has 0 aliphatic carbocycles. The molecule has 0 fully saturated rings. The van der Waals surface area contributed by atoms with Crippen molar-refractivity contribution >= 4 is 40.3 Å². The molecular weight excluding hydrogens is 336 g/mol. The lowest BCUT2D eigenvalue weighted by Gasteiger charge is -2.06. The van der Waals surface area contributed by atoms with Gasteiger partial charge in [0, 0.05) is 16.7 Å². The Labute approximate surface area is 150 Å². The molecule has 0 unspecified atom stereocenters. The van der Waals surface area contributed by atoms with Gasteiger partial charge in [-0.15, -0.1) is 0 Å². The summed E-state index contributed by atoms with van der Waals surface area (Å²) in [6.07, 6.45) is 3.09. The van der Waals surface area contributed by atoms with Gasteiger partial charge in [0.2, 0.25) is 0 Å². The second kappa shape index (κ2) is 7.64. The zero-order valence-corrected chi connectivity index (χ0v) is 14.0. The molecule has 0 atom stereocenters. The number of fused-ring (bicyclic) bond motifs is 1. The van der Waals surface area contributed by atoms with Crippen molar-refractivity contribution in [2.24, 2.45) is 0 Å². The molecule has 0 aliphatic heterocycles. The Bertz CT molecular complexity index is 961. The molecule has 0 radical (unpaired) electrons. The number of carbonyl (C=O) groups excluding carboxylic acids is 2. The predicted octanol–water partition coefficient (Wildman–Crippen LogP) is 3.97. The minimum absolute atomic E-state index is 0.367. The summed E-state index contributed by atoms with van der Waals surface area (Å²) in [6, 6.07) is 20.3. The van der Waals surface area contributed by atoms with Crippen LogP contribution in [0.1, 0.15) is 15.9 Å². The van der Waals surface area contributed by atoms with E-state index in [-0.39, 0.29) is 0 Å². The third kappa shape index (κ3) is 4.25. The first-order valence-electron chi connectivity index (χ1n) is 7.65. The smallest absolute Gasteiger partial charge is 0.268 e. The third-order valence-corrected chi connectivity index (χ3v) is 3.86. The molecule has 0 spiro atoms. The largest absolute Gasteiger partial charge is 0.269 e. The molecule has 0 heterocycles. The SMILES string of the molecule is O=C(C=Cc1cccc2ccccc12)NNC(=O)c1cccc(Cl)c1. The van der Waals surface area contributed by atoms with Crippen molar-refractivity contribution in [3.8, 4) is 0 Å². The van der Waals surface area contributed by atoms with E-state index in [2.05, 4.69) is 10.9 Å². The monoisotopic (exact) mass is 350 g/mol. The molecular formula is C20H15ClN2O2. The van der Waals surface area contributed by atoms with Gasteiger partial charge in [0.25, 0.3) is 11.8 Å². The number of amides is 2. The molecule has 5 heteroatoms. The van der Waals surface area contributed by atoms with Gasteiger partial charge in [-0.25, -0.2) is 0 Å². The summed E-state index contributed by atoms with van der Waals surface area (Å²) in [7, 11) is 0. The highest BCUT2D eigenvalue weighted by molar-refractivity contribution is 6.31. The van der Waals surface area contributed by atoms with Crippen molar-refractivity contribution in [2.45, 2.75) is 0 Å². The first kappa shape index (κ1) is 16.7. The van der Waals surface area contributed by atoms with Crippen molar-refractivity contribution in [1.29, 1.82) is 0 Å². The third-order valence-electron chi connectivity index (χ3n) is 3.62. The minimum Gasteiger partial charge on any atom is -0.268 e. The summed E-state index contributed by atoms with van der Waals surface area (Å²) in [5.74, 6) is -0.863. The summed E-state index contributed by atoms with van der Waals surface area (Å²) in [5, 5.41) is 2.60. The Morgan fingerprint density at radius 1 is 0.880 bits per heavy atom. The number of halogens is 1. The molecule has 0 saturated heterocycles. The Morgan fingerprint density at radius 2 is 1.64 bits per heavy atom. The highest BCUT2D eigenvalue weighted by Crippen LogP contribution is 2.19. The van der Waals surface area contributed by atoms with Gasteiger partial charge >= 0.3 is 0 Å². The molecule has 0 bridgehead atoms. The molecule has 0 aromatic heterocycles. The lowest BCUT2D eigenvalue weighted by molar-refractivity contribution is -0.117. The molecule has 2 amide bonds. The molecule has 0 aliphatic rings. The molecule has 25 heavy (non-hydrogen) atoms. The van der Waals surface area contributed by atoms with Crippen LogP contribution in [-0.4, -0.2) is 11.8 Å². The van der Waals surface area contributed by atoms with Gasteiger partial charge < -0.3 is 0 Å². The number of nitrogens with one attached hydrogen (secondary N) is 2. The first-order chi connectivity index (χ1) is 12.1. The average Bonchev–Trinajstić information content (AvgIpc) is 2.64. The molecule has 3 rings (SSSR count).